The lowest BCUT2D eigenvalue weighted by atomic mass is 10.1. The molecule has 104 valence electrons. The molecule has 6 nitrogen and oxygen atoms in total. The lowest BCUT2D eigenvalue weighted by molar-refractivity contribution is -0.137. The van der Waals surface area contributed by atoms with Crippen molar-refractivity contribution in [1.82, 2.24) is 0 Å². The van der Waals surface area contributed by atoms with Crippen LogP contribution in [0.3, 0.4) is 0 Å². The first-order valence-corrected chi connectivity index (χ1v) is 7.26. The molecule has 0 fully saturated rings. The number of aliphatic carboxylic acids is 1. The van der Waals surface area contributed by atoms with E-state index in [-0.39, 0.29) is 11.3 Å². The van der Waals surface area contributed by atoms with Gasteiger partial charge in [-0.3, -0.25) is 4.18 Å². The Hall–Kier alpha value is -1.60. The summed E-state index contributed by atoms with van der Waals surface area (Å²) in [6.07, 6.45) is -0.182. The maximum absolute atomic E-state index is 11.9. The third-order valence-corrected chi connectivity index (χ3v) is 4.21. The van der Waals surface area contributed by atoms with E-state index in [0.717, 1.165) is 0 Å². The lowest BCUT2D eigenvalue weighted by Gasteiger charge is -2.09. The normalized spacial score (nSPS) is 18.2. The van der Waals surface area contributed by atoms with Crippen molar-refractivity contribution in [2.45, 2.75) is 37.3 Å². The Morgan fingerprint density at radius 1 is 1.47 bits per heavy atom. The minimum Gasteiger partial charge on any atom is -0.480 e. The summed E-state index contributed by atoms with van der Waals surface area (Å²) in [4.78, 5) is 10.9. The molecule has 7 heteroatoms. The van der Waals surface area contributed by atoms with Gasteiger partial charge in [-0.05, 0) is 37.6 Å². The van der Waals surface area contributed by atoms with E-state index < -0.39 is 28.2 Å². The van der Waals surface area contributed by atoms with E-state index in [1.165, 1.54) is 12.1 Å². The SMILES string of the molecule is CC(C)OS(=O)(=O)c1ccc2c(c1)CC(C(=O)O)N2. The topological polar surface area (TPSA) is 92.7 Å². The molecule has 19 heavy (non-hydrogen) atoms. The summed E-state index contributed by atoms with van der Waals surface area (Å²) >= 11 is 0. The van der Waals surface area contributed by atoms with Crippen molar-refractivity contribution >= 4 is 21.8 Å². The van der Waals surface area contributed by atoms with Crippen LogP contribution in [0.4, 0.5) is 5.69 Å². The summed E-state index contributed by atoms with van der Waals surface area (Å²) in [5.41, 5.74) is 1.32. The van der Waals surface area contributed by atoms with Gasteiger partial charge in [-0.25, -0.2) is 4.79 Å². The average Bonchev–Trinajstić information content (AvgIpc) is 2.69. The Labute approximate surface area is 111 Å². The van der Waals surface area contributed by atoms with Crippen LogP contribution >= 0.6 is 0 Å². The van der Waals surface area contributed by atoms with Crippen LogP contribution in [0, 0.1) is 0 Å². The van der Waals surface area contributed by atoms with Crippen molar-refractivity contribution < 1.29 is 22.5 Å². The first-order chi connectivity index (χ1) is 8.79. The fourth-order valence-corrected chi connectivity index (χ4v) is 3.09. The van der Waals surface area contributed by atoms with Crippen LogP contribution in [-0.4, -0.2) is 31.6 Å². The smallest absolute Gasteiger partial charge is 0.326 e. The molecule has 1 aromatic carbocycles. The number of hydrogen-bond acceptors (Lipinski definition) is 5. The van der Waals surface area contributed by atoms with E-state index in [1.807, 2.05) is 0 Å². The maximum atomic E-state index is 11.9. The second-order valence-electron chi connectivity index (χ2n) is 4.66. The average molecular weight is 285 g/mol. The van der Waals surface area contributed by atoms with E-state index in [4.69, 9.17) is 9.29 Å². The molecule has 2 N–H and O–H groups in total. The van der Waals surface area contributed by atoms with Crippen LogP contribution in [0.5, 0.6) is 0 Å². The monoisotopic (exact) mass is 285 g/mol. The van der Waals surface area contributed by atoms with E-state index in [2.05, 4.69) is 5.32 Å². The number of hydrogen-bond donors (Lipinski definition) is 2. The van der Waals surface area contributed by atoms with Crippen molar-refractivity contribution in [3.05, 3.63) is 23.8 Å². The Kier molecular flexibility index (Phi) is 3.51. The Bertz CT molecular complexity index is 609. The van der Waals surface area contributed by atoms with Crippen LogP contribution in [0.25, 0.3) is 0 Å². The molecule has 0 spiro atoms. The minimum atomic E-state index is -3.79. The number of benzene rings is 1. The summed E-state index contributed by atoms with van der Waals surface area (Å²) in [7, 11) is -3.79. The molecule has 1 unspecified atom stereocenters. The van der Waals surface area contributed by atoms with Crippen molar-refractivity contribution in [3.8, 4) is 0 Å². The highest BCUT2D eigenvalue weighted by Gasteiger charge is 2.28. The number of carbonyl (C=O) groups is 1. The summed E-state index contributed by atoms with van der Waals surface area (Å²) in [6, 6.07) is 3.73. The Morgan fingerprint density at radius 3 is 2.74 bits per heavy atom. The first kappa shape index (κ1) is 13.8. The summed E-state index contributed by atoms with van der Waals surface area (Å²) < 4.78 is 28.7. The second kappa shape index (κ2) is 4.82. The highest BCUT2D eigenvalue weighted by Crippen LogP contribution is 2.29. The van der Waals surface area contributed by atoms with Gasteiger partial charge in [0.2, 0.25) is 0 Å². The van der Waals surface area contributed by atoms with Gasteiger partial charge in [0, 0.05) is 12.1 Å². The van der Waals surface area contributed by atoms with E-state index in [0.29, 0.717) is 11.3 Å². The van der Waals surface area contributed by atoms with Crippen molar-refractivity contribution in [1.29, 1.82) is 0 Å². The number of anilines is 1. The molecular formula is C12H15NO5S. The molecule has 0 aliphatic carbocycles. The highest BCUT2D eigenvalue weighted by atomic mass is 32.2. The number of fused-ring (bicyclic) bond motifs is 1. The molecule has 1 aromatic rings. The Balaban J connectivity index is 2.30. The van der Waals surface area contributed by atoms with Gasteiger partial charge >= 0.3 is 5.97 Å². The predicted octanol–water partition coefficient (Wildman–Crippen LogP) is 1.22. The number of nitrogens with one attached hydrogen (secondary N) is 1. The van der Waals surface area contributed by atoms with Crippen LogP contribution in [0.1, 0.15) is 19.4 Å². The molecule has 1 heterocycles. The molecule has 1 atom stereocenters. The lowest BCUT2D eigenvalue weighted by Crippen LogP contribution is -2.26. The largest absolute Gasteiger partial charge is 0.480 e. The standard InChI is InChI=1S/C12H15NO5S/c1-7(2)18-19(16,17)9-3-4-10-8(5-9)6-11(13-10)12(14)15/h3-5,7,11,13H,6H2,1-2H3,(H,14,15). The molecule has 0 aromatic heterocycles. The molecule has 2 rings (SSSR count). The van der Waals surface area contributed by atoms with Crippen LogP contribution in [0.15, 0.2) is 23.1 Å². The molecule has 0 saturated heterocycles. The fraction of sp³-hybridized carbons (Fsp3) is 0.417. The van der Waals surface area contributed by atoms with Crippen molar-refractivity contribution in [2.75, 3.05) is 5.32 Å². The summed E-state index contributed by atoms with van der Waals surface area (Å²) in [5.74, 6) is -0.959. The maximum Gasteiger partial charge on any atom is 0.326 e. The third kappa shape index (κ3) is 2.87. The predicted molar refractivity (Wildman–Crippen MR) is 68.6 cm³/mol. The number of rotatable bonds is 4. The van der Waals surface area contributed by atoms with Gasteiger partial charge < -0.3 is 10.4 Å². The summed E-state index contributed by atoms with van der Waals surface area (Å²) in [6.45, 7) is 3.26. The quantitative estimate of drug-likeness (QED) is 0.808. The van der Waals surface area contributed by atoms with Gasteiger partial charge in [0.1, 0.15) is 6.04 Å². The highest BCUT2D eigenvalue weighted by molar-refractivity contribution is 7.86. The van der Waals surface area contributed by atoms with Crippen molar-refractivity contribution in [3.63, 3.8) is 0 Å². The van der Waals surface area contributed by atoms with Crippen LogP contribution in [0.2, 0.25) is 0 Å². The fourth-order valence-electron chi connectivity index (χ4n) is 1.95. The van der Waals surface area contributed by atoms with Crippen molar-refractivity contribution in [2.24, 2.45) is 0 Å². The number of carboxylic acid groups (broad SMARTS) is 1. The molecule has 0 radical (unpaired) electrons. The van der Waals surface area contributed by atoms with Gasteiger partial charge in [-0.2, -0.15) is 8.42 Å². The first-order valence-electron chi connectivity index (χ1n) is 5.85. The molecule has 1 aliphatic heterocycles. The van der Waals surface area contributed by atoms with Crippen LogP contribution < -0.4 is 5.32 Å². The van der Waals surface area contributed by atoms with Gasteiger partial charge in [0.25, 0.3) is 10.1 Å². The van der Waals surface area contributed by atoms with E-state index in [9.17, 15) is 13.2 Å². The van der Waals surface area contributed by atoms with Gasteiger partial charge in [-0.15, -0.1) is 0 Å². The third-order valence-electron chi connectivity index (χ3n) is 2.74. The van der Waals surface area contributed by atoms with Gasteiger partial charge in [0.15, 0.2) is 0 Å². The zero-order valence-corrected chi connectivity index (χ0v) is 11.4. The summed E-state index contributed by atoms with van der Waals surface area (Å²) in [5, 5.41) is 11.7. The van der Waals surface area contributed by atoms with E-state index in [1.54, 1.807) is 19.9 Å². The van der Waals surface area contributed by atoms with Crippen LogP contribution in [-0.2, 0) is 25.5 Å². The Morgan fingerprint density at radius 2 is 2.16 bits per heavy atom. The molecule has 1 aliphatic rings. The minimum absolute atomic E-state index is 0.0489. The number of carboxylic acids is 1. The van der Waals surface area contributed by atoms with Gasteiger partial charge in [-0.1, -0.05) is 0 Å². The molecule has 0 amide bonds. The second-order valence-corrected chi connectivity index (χ2v) is 6.23. The molecule has 0 saturated carbocycles. The van der Waals surface area contributed by atoms with E-state index >= 15 is 0 Å². The zero-order chi connectivity index (χ0) is 14.2. The van der Waals surface area contributed by atoms with Gasteiger partial charge in [0.05, 0.1) is 11.0 Å². The molecule has 0 bridgehead atoms. The zero-order valence-electron chi connectivity index (χ0n) is 10.6. The molecular weight excluding hydrogens is 270 g/mol.